The number of thioether (sulfide) groups is 1. The van der Waals surface area contributed by atoms with Gasteiger partial charge in [-0.3, -0.25) is 0 Å². The summed E-state index contributed by atoms with van der Waals surface area (Å²) in [4.78, 5) is 1.28. The maximum atomic E-state index is 11.7. The number of hydrogen-bond acceptors (Lipinski definition) is 5. The second-order valence-corrected chi connectivity index (χ2v) is 7.08. The van der Waals surface area contributed by atoms with Gasteiger partial charge in [0.05, 0.1) is 16.3 Å². The number of nitrogens with two attached hydrogens (primary N) is 1. The van der Waals surface area contributed by atoms with Gasteiger partial charge in [-0.05, 0) is 49.7 Å². The third-order valence-electron chi connectivity index (χ3n) is 2.95. The van der Waals surface area contributed by atoms with Crippen molar-refractivity contribution in [3.63, 3.8) is 0 Å². The first kappa shape index (κ1) is 15.7. The van der Waals surface area contributed by atoms with E-state index in [2.05, 4.69) is 10.0 Å². The fraction of sp³-hybridized carbons (Fsp3) is 0.143. The monoisotopic (exact) mass is 323 g/mol. The number of nitrogens with one attached hydrogen (secondary N) is 2. The highest BCUT2D eigenvalue weighted by molar-refractivity contribution is 7.98. The number of benzene rings is 2. The van der Waals surface area contributed by atoms with Crippen molar-refractivity contribution in [1.82, 2.24) is 4.72 Å². The number of sulfonamides is 1. The van der Waals surface area contributed by atoms with Crippen LogP contribution in [0.1, 0.15) is 0 Å². The molecule has 0 amide bonds. The number of nitrogen functional groups attached to an aromatic ring is 1. The minimum absolute atomic E-state index is 0.144. The first-order valence-electron chi connectivity index (χ1n) is 6.20. The van der Waals surface area contributed by atoms with Gasteiger partial charge in [-0.15, -0.1) is 11.8 Å². The predicted octanol–water partition coefficient (Wildman–Crippen LogP) is 2.64. The number of anilines is 3. The molecule has 5 nitrogen and oxygen atoms in total. The molecule has 0 heterocycles. The molecule has 2 aromatic rings. The summed E-state index contributed by atoms with van der Waals surface area (Å²) in [5, 5.41) is 3.19. The van der Waals surface area contributed by atoms with E-state index in [1.165, 1.54) is 19.2 Å². The van der Waals surface area contributed by atoms with Gasteiger partial charge in [0, 0.05) is 10.6 Å². The lowest BCUT2D eigenvalue weighted by Gasteiger charge is -2.12. The Labute approximate surface area is 129 Å². The average Bonchev–Trinajstić information content (AvgIpc) is 2.49. The molecule has 0 aliphatic heterocycles. The van der Waals surface area contributed by atoms with E-state index in [9.17, 15) is 8.42 Å². The van der Waals surface area contributed by atoms with Gasteiger partial charge in [-0.1, -0.05) is 6.07 Å². The lowest BCUT2D eigenvalue weighted by molar-refractivity contribution is 0.588. The molecule has 7 heteroatoms. The molecule has 0 radical (unpaired) electrons. The molecule has 112 valence electrons. The van der Waals surface area contributed by atoms with Crippen LogP contribution < -0.4 is 15.8 Å². The lowest BCUT2D eigenvalue weighted by atomic mass is 10.2. The normalized spacial score (nSPS) is 11.3. The SMILES string of the molecule is CNS(=O)(=O)c1ccc(Nc2cccc(SC)c2)c(N)c1. The molecule has 0 aliphatic carbocycles. The van der Waals surface area contributed by atoms with Gasteiger partial charge in [0.2, 0.25) is 10.0 Å². The van der Waals surface area contributed by atoms with E-state index in [1.807, 2.05) is 30.5 Å². The van der Waals surface area contributed by atoms with Crippen molar-refractivity contribution >= 4 is 38.8 Å². The third kappa shape index (κ3) is 3.69. The van der Waals surface area contributed by atoms with Crippen molar-refractivity contribution in [3.05, 3.63) is 42.5 Å². The molecule has 0 fully saturated rings. The van der Waals surface area contributed by atoms with Crippen molar-refractivity contribution in [3.8, 4) is 0 Å². The van der Waals surface area contributed by atoms with Crippen LogP contribution >= 0.6 is 11.8 Å². The summed E-state index contributed by atoms with van der Waals surface area (Å²) in [6, 6.07) is 12.5. The number of hydrogen-bond donors (Lipinski definition) is 3. The van der Waals surface area contributed by atoms with Crippen LogP contribution in [-0.2, 0) is 10.0 Å². The van der Waals surface area contributed by atoms with E-state index in [0.717, 1.165) is 10.6 Å². The second kappa shape index (κ2) is 6.38. The highest BCUT2D eigenvalue weighted by atomic mass is 32.2. The van der Waals surface area contributed by atoms with Crippen LogP contribution in [0.25, 0.3) is 0 Å². The highest BCUT2D eigenvalue weighted by Crippen LogP contribution is 2.27. The van der Waals surface area contributed by atoms with Gasteiger partial charge in [0.15, 0.2) is 0 Å². The molecular formula is C14H17N3O2S2. The molecule has 0 spiro atoms. The summed E-state index contributed by atoms with van der Waals surface area (Å²) in [6.45, 7) is 0. The molecule has 0 bridgehead atoms. The Morgan fingerprint density at radius 1 is 1.14 bits per heavy atom. The summed E-state index contributed by atoms with van der Waals surface area (Å²) < 4.78 is 25.7. The predicted molar refractivity (Wildman–Crippen MR) is 88.6 cm³/mol. The Bertz CT molecular complexity index is 746. The van der Waals surface area contributed by atoms with E-state index in [4.69, 9.17) is 5.73 Å². The molecule has 2 rings (SSSR count). The van der Waals surface area contributed by atoms with Crippen molar-refractivity contribution in [1.29, 1.82) is 0 Å². The topological polar surface area (TPSA) is 84.2 Å². The van der Waals surface area contributed by atoms with Crippen molar-refractivity contribution < 1.29 is 8.42 Å². The van der Waals surface area contributed by atoms with Gasteiger partial charge in [-0.25, -0.2) is 13.1 Å². The Kier molecular flexibility index (Phi) is 4.76. The minimum Gasteiger partial charge on any atom is -0.397 e. The molecule has 0 unspecified atom stereocenters. The van der Waals surface area contributed by atoms with Gasteiger partial charge in [0.25, 0.3) is 0 Å². The summed E-state index contributed by atoms with van der Waals surface area (Å²) >= 11 is 1.65. The van der Waals surface area contributed by atoms with Gasteiger partial charge < -0.3 is 11.1 Å². The Hall–Kier alpha value is -1.70. The van der Waals surface area contributed by atoms with Crippen molar-refractivity contribution in [2.75, 3.05) is 24.4 Å². The highest BCUT2D eigenvalue weighted by Gasteiger charge is 2.13. The van der Waals surface area contributed by atoms with E-state index >= 15 is 0 Å². The van der Waals surface area contributed by atoms with Crippen LogP contribution in [0.4, 0.5) is 17.1 Å². The summed E-state index contributed by atoms with van der Waals surface area (Å²) in [7, 11) is -2.12. The molecule has 0 aromatic heterocycles. The van der Waals surface area contributed by atoms with E-state index in [0.29, 0.717) is 11.4 Å². The third-order valence-corrected chi connectivity index (χ3v) is 5.09. The molecule has 0 aliphatic rings. The smallest absolute Gasteiger partial charge is 0.240 e. The zero-order valence-electron chi connectivity index (χ0n) is 11.8. The lowest BCUT2D eigenvalue weighted by Crippen LogP contribution is -2.18. The molecule has 2 aromatic carbocycles. The van der Waals surface area contributed by atoms with E-state index < -0.39 is 10.0 Å². The molecular weight excluding hydrogens is 306 g/mol. The van der Waals surface area contributed by atoms with Crippen LogP contribution in [0.5, 0.6) is 0 Å². The quantitative estimate of drug-likeness (QED) is 0.582. The second-order valence-electron chi connectivity index (χ2n) is 4.31. The summed E-state index contributed by atoms with van der Waals surface area (Å²) in [5.74, 6) is 0. The molecule has 4 N–H and O–H groups in total. The molecule has 0 saturated heterocycles. The first-order chi connectivity index (χ1) is 9.96. The van der Waals surface area contributed by atoms with E-state index in [-0.39, 0.29) is 4.90 Å². The van der Waals surface area contributed by atoms with Crippen LogP contribution in [0.2, 0.25) is 0 Å². The van der Waals surface area contributed by atoms with Crippen molar-refractivity contribution in [2.24, 2.45) is 0 Å². The van der Waals surface area contributed by atoms with Gasteiger partial charge in [-0.2, -0.15) is 0 Å². The van der Waals surface area contributed by atoms with Crippen molar-refractivity contribution in [2.45, 2.75) is 9.79 Å². The maximum Gasteiger partial charge on any atom is 0.240 e. The summed E-state index contributed by atoms with van der Waals surface area (Å²) in [5.41, 5.74) is 7.88. The minimum atomic E-state index is -3.48. The first-order valence-corrected chi connectivity index (χ1v) is 8.91. The molecule has 0 saturated carbocycles. The zero-order chi connectivity index (χ0) is 15.5. The van der Waals surface area contributed by atoms with Crippen LogP contribution in [-0.4, -0.2) is 21.7 Å². The fourth-order valence-electron chi connectivity index (χ4n) is 1.80. The standard InChI is InChI=1S/C14H17N3O2S2/c1-16-21(18,19)12-6-7-14(13(15)9-12)17-10-4-3-5-11(8-10)20-2/h3-9,16-17H,15H2,1-2H3. The van der Waals surface area contributed by atoms with Gasteiger partial charge in [0.1, 0.15) is 0 Å². The Morgan fingerprint density at radius 2 is 1.90 bits per heavy atom. The summed E-state index contributed by atoms with van der Waals surface area (Å²) in [6.07, 6.45) is 2.00. The number of rotatable bonds is 5. The molecule has 21 heavy (non-hydrogen) atoms. The van der Waals surface area contributed by atoms with Gasteiger partial charge >= 0.3 is 0 Å². The van der Waals surface area contributed by atoms with E-state index in [1.54, 1.807) is 17.8 Å². The average molecular weight is 323 g/mol. The Morgan fingerprint density at radius 3 is 2.52 bits per heavy atom. The Balaban J connectivity index is 2.29. The van der Waals surface area contributed by atoms with Crippen LogP contribution in [0, 0.1) is 0 Å². The van der Waals surface area contributed by atoms with Crippen LogP contribution in [0.3, 0.4) is 0 Å². The maximum absolute atomic E-state index is 11.7. The fourth-order valence-corrected chi connectivity index (χ4v) is 3.02. The largest absolute Gasteiger partial charge is 0.397 e. The zero-order valence-corrected chi connectivity index (χ0v) is 13.4. The van der Waals surface area contributed by atoms with Crippen LogP contribution in [0.15, 0.2) is 52.3 Å². The molecule has 0 atom stereocenters.